The lowest BCUT2D eigenvalue weighted by atomic mass is 10.2. The van der Waals surface area contributed by atoms with Crippen LogP contribution in [0.15, 0.2) is 29.2 Å². The average Bonchev–Trinajstić information content (AvgIpc) is 2.50. The highest BCUT2D eigenvalue weighted by Gasteiger charge is 2.16. The van der Waals surface area contributed by atoms with Gasteiger partial charge in [0.25, 0.3) is 0 Å². The lowest BCUT2D eigenvalue weighted by molar-refractivity contribution is 0.201. The van der Waals surface area contributed by atoms with Crippen LogP contribution in [-0.2, 0) is 9.84 Å². The zero-order chi connectivity index (χ0) is 15.7. The van der Waals surface area contributed by atoms with E-state index in [1.165, 1.54) is 24.3 Å². The van der Waals surface area contributed by atoms with Crippen LogP contribution in [0.25, 0.3) is 0 Å². The summed E-state index contributed by atoms with van der Waals surface area (Å²) in [4.78, 5) is 2.20. The molecule has 1 aromatic carbocycles. The Hall–Kier alpha value is -1.42. The highest BCUT2D eigenvalue weighted by Crippen LogP contribution is 2.12. The number of benzene rings is 1. The molecule has 0 aliphatic carbocycles. The van der Waals surface area contributed by atoms with Gasteiger partial charge in [-0.15, -0.1) is 0 Å². The third-order valence-electron chi connectivity index (χ3n) is 3.26. The fraction of sp³-hybridized carbons (Fsp3) is 0.533. The fourth-order valence-electron chi connectivity index (χ4n) is 1.96. The van der Waals surface area contributed by atoms with Crippen LogP contribution in [0.3, 0.4) is 0 Å². The number of unbranched alkanes of at least 4 members (excludes halogenated alkanes) is 1. The van der Waals surface area contributed by atoms with E-state index in [-0.39, 0.29) is 17.3 Å². The van der Waals surface area contributed by atoms with Crippen molar-refractivity contribution in [2.45, 2.75) is 24.7 Å². The molecule has 0 aliphatic rings. The number of hydrogen-bond acceptors (Lipinski definition) is 5. The van der Waals surface area contributed by atoms with Crippen molar-refractivity contribution >= 4 is 9.84 Å². The summed E-state index contributed by atoms with van der Waals surface area (Å²) < 4.78 is 24.5. The van der Waals surface area contributed by atoms with Gasteiger partial charge in [0.1, 0.15) is 0 Å². The Kier molecular flexibility index (Phi) is 7.37. The Balaban J connectivity index is 2.67. The van der Waals surface area contributed by atoms with Gasteiger partial charge in [0.05, 0.1) is 28.9 Å². The standard InChI is InChI=1S/C15H22N2O3S/c1-2-3-8-17(9-11-18)10-12-21(19,20)15-6-4-14(13-16)5-7-15/h4-7,18H,2-3,8-12H2,1H3. The van der Waals surface area contributed by atoms with Gasteiger partial charge in [0.15, 0.2) is 9.84 Å². The van der Waals surface area contributed by atoms with Crippen LogP contribution in [0.2, 0.25) is 0 Å². The summed E-state index contributed by atoms with van der Waals surface area (Å²) >= 11 is 0. The molecular weight excluding hydrogens is 288 g/mol. The molecule has 0 saturated heterocycles. The van der Waals surface area contributed by atoms with Gasteiger partial charge in [-0.2, -0.15) is 5.26 Å². The smallest absolute Gasteiger partial charge is 0.179 e. The van der Waals surface area contributed by atoms with Gasteiger partial charge >= 0.3 is 0 Å². The van der Waals surface area contributed by atoms with E-state index in [2.05, 4.69) is 6.92 Å². The van der Waals surface area contributed by atoms with E-state index < -0.39 is 9.84 Å². The molecule has 116 valence electrons. The SMILES string of the molecule is CCCCN(CCO)CCS(=O)(=O)c1ccc(C#N)cc1. The van der Waals surface area contributed by atoms with Crippen molar-refractivity contribution in [3.8, 4) is 6.07 Å². The summed E-state index contributed by atoms with van der Waals surface area (Å²) in [5, 5.41) is 17.7. The lowest BCUT2D eigenvalue weighted by Gasteiger charge is -2.20. The van der Waals surface area contributed by atoms with Crippen LogP contribution in [-0.4, -0.2) is 50.4 Å². The monoisotopic (exact) mass is 310 g/mol. The molecule has 0 atom stereocenters. The third-order valence-corrected chi connectivity index (χ3v) is 4.97. The number of nitrogens with zero attached hydrogens (tertiary/aromatic N) is 2. The van der Waals surface area contributed by atoms with E-state index in [4.69, 9.17) is 10.4 Å². The Morgan fingerprint density at radius 2 is 1.86 bits per heavy atom. The summed E-state index contributed by atoms with van der Waals surface area (Å²) in [6.45, 7) is 3.79. The molecule has 0 aromatic heterocycles. The van der Waals surface area contributed by atoms with Crippen LogP contribution in [0.5, 0.6) is 0 Å². The molecular formula is C15H22N2O3S. The molecule has 0 saturated carbocycles. The molecule has 5 nitrogen and oxygen atoms in total. The van der Waals surface area contributed by atoms with Crippen molar-refractivity contribution in [3.05, 3.63) is 29.8 Å². The molecule has 0 bridgehead atoms. The number of aliphatic hydroxyl groups is 1. The van der Waals surface area contributed by atoms with Gasteiger partial charge < -0.3 is 10.0 Å². The molecule has 0 unspecified atom stereocenters. The number of nitriles is 1. The van der Waals surface area contributed by atoms with Crippen molar-refractivity contribution in [1.82, 2.24) is 4.90 Å². The first-order chi connectivity index (χ1) is 10.0. The fourth-order valence-corrected chi connectivity index (χ4v) is 3.25. The van der Waals surface area contributed by atoms with Gasteiger partial charge in [-0.3, -0.25) is 0 Å². The molecule has 21 heavy (non-hydrogen) atoms. The van der Waals surface area contributed by atoms with E-state index in [1.54, 1.807) is 0 Å². The Labute approximate surface area is 126 Å². The van der Waals surface area contributed by atoms with Crippen LogP contribution >= 0.6 is 0 Å². The summed E-state index contributed by atoms with van der Waals surface area (Å²) in [6, 6.07) is 7.92. The van der Waals surface area contributed by atoms with Gasteiger partial charge in [-0.25, -0.2) is 8.42 Å². The first-order valence-corrected chi connectivity index (χ1v) is 8.75. The molecule has 0 radical (unpaired) electrons. The van der Waals surface area contributed by atoms with Crippen LogP contribution in [0.4, 0.5) is 0 Å². The maximum Gasteiger partial charge on any atom is 0.179 e. The second-order valence-corrected chi connectivity index (χ2v) is 6.98. The Morgan fingerprint density at radius 1 is 1.19 bits per heavy atom. The van der Waals surface area contributed by atoms with E-state index in [0.29, 0.717) is 18.7 Å². The number of hydrogen-bond donors (Lipinski definition) is 1. The van der Waals surface area contributed by atoms with Gasteiger partial charge in [0.2, 0.25) is 0 Å². The van der Waals surface area contributed by atoms with Crippen LogP contribution < -0.4 is 0 Å². The largest absolute Gasteiger partial charge is 0.395 e. The zero-order valence-electron chi connectivity index (χ0n) is 12.3. The molecule has 1 aromatic rings. The summed E-state index contributed by atoms with van der Waals surface area (Å²) in [6.07, 6.45) is 2.02. The maximum atomic E-state index is 12.2. The van der Waals surface area contributed by atoms with Crippen LogP contribution in [0, 0.1) is 11.3 Å². The van der Waals surface area contributed by atoms with E-state index in [9.17, 15) is 8.42 Å². The number of sulfone groups is 1. The summed E-state index contributed by atoms with van der Waals surface area (Å²) in [7, 11) is -3.36. The minimum atomic E-state index is -3.36. The quantitative estimate of drug-likeness (QED) is 0.746. The number of aliphatic hydroxyl groups excluding tert-OH is 1. The maximum absolute atomic E-state index is 12.2. The zero-order valence-corrected chi connectivity index (χ0v) is 13.1. The highest BCUT2D eigenvalue weighted by molar-refractivity contribution is 7.91. The molecule has 0 heterocycles. The van der Waals surface area contributed by atoms with Gasteiger partial charge in [-0.1, -0.05) is 13.3 Å². The van der Waals surface area contributed by atoms with Crippen molar-refractivity contribution in [2.75, 3.05) is 32.0 Å². The molecule has 1 rings (SSSR count). The van der Waals surface area contributed by atoms with Gasteiger partial charge in [0, 0.05) is 13.1 Å². The summed E-state index contributed by atoms with van der Waals surface area (Å²) in [5.41, 5.74) is 0.443. The van der Waals surface area contributed by atoms with Crippen molar-refractivity contribution < 1.29 is 13.5 Å². The average molecular weight is 310 g/mol. The van der Waals surface area contributed by atoms with Crippen molar-refractivity contribution in [1.29, 1.82) is 5.26 Å². The summed E-state index contributed by atoms with van der Waals surface area (Å²) in [5.74, 6) is 0.0165. The van der Waals surface area contributed by atoms with Crippen molar-refractivity contribution in [2.24, 2.45) is 0 Å². The number of rotatable bonds is 9. The second kappa shape index (κ2) is 8.78. The molecule has 0 fully saturated rings. The highest BCUT2D eigenvalue weighted by atomic mass is 32.2. The normalized spacial score (nSPS) is 11.5. The lowest BCUT2D eigenvalue weighted by Crippen LogP contribution is -2.32. The second-order valence-electron chi connectivity index (χ2n) is 4.87. The Bertz CT molecular complexity index is 562. The minimum Gasteiger partial charge on any atom is -0.395 e. The molecule has 0 amide bonds. The first kappa shape index (κ1) is 17.6. The van der Waals surface area contributed by atoms with E-state index in [1.807, 2.05) is 11.0 Å². The first-order valence-electron chi connectivity index (χ1n) is 7.09. The molecule has 6 heteroatoms. The Morgan fingerprint density at radius 3 is 2.38 bits per heavy atom. The minimum absolute atomic E-state index is 0.0165. The molecule has 0 aliphatic heterocycles. The van der Waals surface area contributed by atoms with E-state index in [0.717, 1.165) is 19.4 Å². The van der Waals surface area contributed by atoms with Gasteiger partial charge in [-0.05, 0) is 37.2 Å². The molecule has 0 spiro atoms. The molecule has 1 N–H and O–H groups in total. The predicted octanol–water partition coefficient (Wildman–Crippen LogP) is 1.43. The third kappa shape index (κ3) is 5.84. The van der Waals surface area contributed by atoms with Crippen LogP contribution in [0.1, 0.15) is 25.3 Å². The van der Waals surface area contributed by atoms with Crippen molar-refractivity contribution in [3.63, 3.8) is 0 Å². The predicted molar refractivity (Wildman–Crippen MR) is 81.6 cm³/mol. The topological polar surface area (TPSA) is 81.4 Å². The van der Waals surface area contributed by atoms with E-state index >= 15 is 0 Å².